The van der Waals surface area contributed by atoms with Gasteiger partial charge in [0.1, 0.15) is 0 Å². The lowest BCUT2D eigenvalue weighted by Crippen LogP contribution is -2.49. The number of carbonyl (C=O) groups excluding carboxylic acids is 2. The largest absolute Gasteiger partial charge is 0.455 e. The quantitative estimate of drug-likeness (QED) is 0.528. The van der Waals surface area contributed by atoms with Gasteiger partial charge in [-0.25, -0.2) is 0 Å². The Morgan fingerprint density at radius 3 is 2.85 bits per heavy atom. The second kappa shape index (κ2) is 3.27. The molecule has 0 aliphatic heterocycles. The molecule has 1 aliphatic rings. The summed E-state index contributed by atoms with van der Waals surface area (Å²) in [5, 5.41) is 18.3. The van der Waals surface area contributed by atoms with E-state index >= 15 is 0 Å². The van der Waals surface area contributed by atoms with Crippen LogP contribution in [0.5, 0.6) is 0 Å². The minimum absolute atomic E-state index is 0.615. The van der Waals surface area contributed by atoms with Gasteiger partial charge in [0.05, 0.1) is 6.61 Å². The number of carbonyl (C=O) groups is 2. The van der Waals surface area contributed by atoms with Crippen molar-refractivity contribution in [3.63, 3.8) is 0 Å². The number of rotatable bonds is 2. The molecule has 0 radical (unpaired) electrons. The molecule has 0 spiro atoms. The van der Waals surface area contributed by atoms with Gasteiger partial charge in [-0.3, -0.25) is 9.59 Å². The Bertz CT molecular complexity index is 270. The van der Waals surface area contributed by atoms with E-state index in [2.05, 4.69) is 4.74 Å². The molecular formula is C8H10O5. The zero-order chi connectivity index (χ0) is 10.1. The highest BCUT2D eigenvalue weighted by Gasteiger charge is 2.47. The molecule has 0 bridgehead atoms. The second-order valence-electron chi connectivity index (χ2n) is 2.84. The highest BCUT2D eigenvalue weighted by atomic mass is 16.6. The zero-order valence-electron chi connectivity index (χ0n) is 7.06. The summed E-state index contributed by atoms with van der Waals surface area (Å²) in [6.45, 7) is 0.394. The smallest absolute Gasteiger partial charge is 0.303 e. The van der Waals surface area contributed by atoms with Crippen molar-refractivity contribution in [1.82, 2.24) is 0 Å². The topological polar surface area (TPSA) is 83.8 Å². The molecule has 1 aliphatic carbocycles. The number of ketones is 1. The van der Waals surface area contributed by atoms with Crippen LogP contribution in [0.25, 0.3) is 0 Å². The lowest BCUT2D eigenvalue weighted by molar-refractivity contribution is -0.164. The summed E-state index contributed by atoms with van der Waals surface area (Å²) in [6, 6.07) is 0. The van der Waals surface area contributed by atoms with E-state index in [-0.39, 0.29) is 0 Å². The van der Waals surface area contributed by atoms with Crippen molar-refractivity contribution < 1.29 is 24.5 Å². The fourth-order valence-electron chi connectivity index (χ4n) is 1.10. The third-order valence-electron chi connectivity index (χ3n) is 1.85. The van der Waals surface area contributed by atoms with E-state index in [1.165, 1.54) is 6.08 Å². The standard InChI is InChI=1S/C8H10O5/c1-5(10)13-7-3-2-6(11)8(7,12)4-9/h2-3,7,9,12H,4H2,1H3/t7-,8+/m1/s1. The van der Waals surface area contributed by atoms with Crippen LogP contribution < -0.4 is 0 Å². The number of aliphatic hydroxyl groups excluding tert-OH is 1. The molecule has 0 unspecified atom stereocenters. The maximum atomic E-state index is 11.0. The maximum absolute atomic E-state index is 11.0. The average molecular weight is 186 g/mol. The zero-order valence-corrected chi connectivity index (χ0v) is 7.06. The molecule has 5 heteroatoms. The molecule has 0 amide bonds. The molecule has 1 rings (SSSR count). The summed E-state index contributed by atoms with van der Waals surface area (Å²) in [5.74, 6) is -1.27. The van der Waals surface area contributed by atoms with Crippen LogP contribution in [-0.4, -0.2) is 40.3 Å². The summed E-state index contributed by atoms with van der Waals surface area (Å²) < 4.78 is 4.63. The van der Waals surface area contributed by atoms with E-state index < -0.39 is 30.1 Å². The Labute approximate surface area is 74.6 Å². The van der Waals surface area contributed by atoms with Crippen LogP contribution in [0.3, 0.4) is 0 Å². The van der Waals surface area contributed by atoms with Crippen molar-refractivity contribution in [2.75, 3.05) is 6.61 Å². The fourth-order valence-corrected chi connectivity index (χ4v) is 1.10. The van der Waals surface area contributed by atoms with E-state index in [0.29, 0.717) is 0 Å². The van der Waals surface area contributed by atoms with Crippen LogP contribution >= 0.6 is 0 Å². The van der Waals surface area contributed by atoms with Crippen molar-refractivity contribution in [3.8, 4) is 0 Å². The molecule has 5 nitrogen and oxygen atoms in total. The van der Waals surface area contributed by atoms with Gasteiger partial charge in [-0.15, -0.1) is 0 Å². The van der Waals surface area contributed by atoms with Crippen LogP contribution in [0, 0.1) is 0 Å². The van der Waals surface area contributed by atoms with E-state index in [1.54, 1.807) is 0 Å². The first-order chi connectivity index (χ1) is 6.00. The first-order valence-electron chi connectivity index (χ1n) is 3.74. The molecular weight excluding hydrogens is 176 g/mol. The van der Waals surface area contributed by atoms with Gasteiger partial charge in [-0.2, -0.15) is 0 Å². The monoisotopic (exact) mass is 186 g/mol. The van der Waals surface area contributed by atoms with E-state index in [0.717, 1.165) is 13.0 Å². The Morgan fingerprint density at radius 2 is 2.38 bits per heavy atom. The first kappa shape index (κ1) is 9.88. The van der Waals surface area contributed by atoms with Crippen molar-refractivity contribution in [2.24, 2.45) is 0 Å². The van der Waals surface area contributed by atoms with Crippen LogP contribution in [0.4, 0.5) is 0 Å². The van der Waals surface area contributed by atoms with E-state index in [4.69, 9.17) is 5.11 Å². The van der Waals surface area contributed by atoms with Crippen LogP contribution in [0.1, 0.15) is 6.92 Å². The molecule has 2 N–H and O–H groups in total. The minimum atomic E-state index is -1.99. The van der Waals surface area contributed by atoms with Gasteiger partial charge in [0.2, 0.25) is 0 Å². The van der Waals surface area contributed by atoms with Gasteiger partial charge in [-0.05, 0) is 12.2 Å². The molecule has 0 saturated heterocycles. The number of aliphatic hydroxyl groups is 2. The highest BCUT2D eigenvalue weighted by Crippen LogP contribution is 2.23. The average Bonchev–Trinajstić information content (AvgIpc) is 2.33. The number of esters is 1. The van der Waals surface area contributed by atoms with Crippen LogP contribution in [-0.2, 0) is 14.3 Å². The first-order valence-corrected chi connectivity index (χ1v) is 3.74. The van der Waals surface area contributed by atoms with Gasteiger partial charge in [0, 0.05) is 6.92 Å². The lowest BCUT2D eigenvalue weighted by atomic mass is 9.99. The van der Waals surface area contributed by atoms with Crippen LogP contribution in [0.15, 0.2) is 12.2 Å². The molecule has 0 aromatic rings. The van der Waals surface area contributed by atoms with E-state index in [1.807, 2.05) is 0 Å². The SMILES string of the molecule is CC(=O)O[C@@H]1C=CC(=O)[C@@]1(O)CO. The predicted molar refractivity (Wildman–Crippen MR) is 41.7 cm³/mol. The Balaban J connectivity index is 2.81. The van der Waals surface area contributed by atoms with Gasteiger partial charge >= 0.3 is 5.97 Å². The molecule has 0 fully saturated rings. The molecule has 0 aromatic carbocycles. The number of hydrogen-bond donors (Lipinski definition) is 2. The van der Waals surface area contributed by atoms with Gasteiger partial charge in [-0.1, -0.05) is 0 Å². The van der Waals surface area contributed by atoms with Crippen molar-refractivity contribution in [1.29, 1.82) is 0 Å². The maximum Gasteiger partial charge on any atom is 0.303 e. The second-order valence-corrected chi connectivity index (χ2v) is 2.84. The third kappa shape index (κ3) is 1.61. The van der Waals surface area contributed by atoms with Gasteiger partial charge in [0.25, 0.3) is 0 Å². The lowest BCUT2D eigenvalue weighted by Gasteiger charge is -2.25. The third-order valence-corrected chi connectivity index (χ3v) is 1.85. The Kier molecular flexibility index (Phi) is 2.49. The molecule has 72 valence electrons. The molecule has 0 heterocycles. The van der Waals surface area contributed by atoms with Gasteiger partial charge in [0.15, 0.2) is 17.5 Å². The van der Waals surface area contributed by atoms with Crippen LogP contribution in [0.2, 0.25) is 0 Å². The molecule has 0 aromatic heterocycles. The van der Waals surface area contributed by atoms with E-state index in [9.17, 15) is 14.7 Å². The minimum Gasteiger partial charge on any atom is -0.455 e. The predicted octanol–water partition coefficient (Wildman–Crippen LogP) is -1.22. The Morgan fingerprint density at radius 1 is 1.77 bits per heavy atom. The van der Waals surface area contributed by atoms with Crippen molar-refractivity contribution in [3.05, 3.63) is 12.2 Å². The molecule has 13 heavy (non-hydrogen) atoms. The van der Waals surface area contributed by atoms with Crippen molar-refractivity contribution >= 4 is 11.8 Å². The fraction of sp³-hybridized carbons (Fsp3) is 0.500. The highest BCUT2D eigenvalue weighted by molar-refractivity contribution is 6.00. The number of ether oxygens (including phenoxy) is 1. The summed E-state index contributed by atoms with van der Waals surface area (Å²) in [5.41, 5.74) is -1.99. The molecule has 2 atom stereocenters. The molecule has 0 saturated carbocycles. The summed E-state index contributed by atoms with van der Waals surface area (Å²) in [4.78, 5) is 21.6. The van der Waals surface area contributed by atoms with Gasteiger partial charge < -0.3 is 14.9 Å². The summed E-state index contributed by atoms with van der Waals surface area (Å²) in [6.07, 6.45) is 1.26. The van der Waals surface area contributed by atoms with Crippen molar-refractivity contribution in [2.45, 2.75) is 18.6 Å². The summed E-state index contributed by atoms with van der Waals surface area (Å²) in [7, 11) is 0. The summed E-state index contributed by atoms with van der Waals surface area (Å²) >= 11 is 0. The normalized spacial score (nSPS) is 32.2. The number of hydrogen-bond acceptors (Lipinski definition) is 5. The Hall–Kier alpha value is -1.20.